The Morgan fingerprint density at radius 2 is 1.68 bits per heavy atom. The van der Waals surface area contributed by atoms with Crippen LogP contribution in [0.3, 0.4) is 0 Å². The Morgan fingerprint density at radius 1 is 1.14 bits per heavy atom. The monoisotopic (exact) mass is 471 g/mol. The van der Waals surface area contributed by atoms with Gasteiger partial charge in [-0.3, -0.25) is 0 Å². The fraction of sp³-hybridized carbons (Fsp3) is 0.231. The van der Waals surface area contributed by atoms with Gasteiger partial charge in [-0.25, -0.2) is 9.59 Å². The van der Waals surface area contributed by atoms with E-state index in [1.54, 1.807) is 6.07 Å². The van der Waals surface area contributed by atoms with E-state index >= 15 is 0 Å². The molecule has 1 aromatic rings. The zero-order valence-electron chi connectivity index (χ0n) is 11.3. The molecule has 1 aliphatic rings. The lowest BCUT2D eigenvalue weighted by atomic mass is 10.2. The molecule has 0 unspecified atom stereocenters. The van der Waals surface area contributed by atoms with Crippen LogP contribution in [0.4, 0.5) is 5.69 Å². The molecule has 0 spiro atoms. The lowest BCUT2D eigenvalue weighted by Crippen LogP contribution is -2.42. The van der Waals surface area contributed by atoms with E-state index in [1.807, 2.05) is 0 Å². The van der Waals surface area contributed by atoms with Crippen molar-refractivity contribution < 1.29 is 19.1 Å². The Kier molecular flexibility index (Phi) is 5.11. The lowest BCUT2D eigenvalue weighted by molar-refractivity contribution is -0.222. The number of ether oxygens (including phenoxy) is 2. The Morgan fingerprint density at radius 3 is 2.23 bits per heavy atom. The molecular weight excluding hydrogens is 465 g/mol. The van der Waals surface area contributed by atoms with Crippen LogP contribution in [0.25, 0.3) is 0 Å². The normalized spacial score (nSPS) is 16.9. The average molecular weight is 474 g/mol. The van der Waals surface area contributed by atoms with Gasteiger partial charge in [0.15, 0.2) is 5.57 Å². The predicted molar refractivity (Wildman–Crippen MR) is 89.8 cm³/mol. The Balaban J connectivity index is 2.30. The summed E-state index contributed by atoms with van der Waals surface area (Å²) in [5, 5.41) is 3.49. The van der Waals surface area contributed by atoms with Gasteiger partial charge in [0.05, 0.1) is 24.7 Å². The first kappa shape index (κ1) is 17.6. The van der Waals surface area contributed by atoms with Gasteiger partial charge >= 0.3 is 11.9 Å². The summed E-state index contributed by atoms with van der Waals surface area (Å²) in [5.74, 6) is -2.84. The highest BCUT2D eigenvalue weighted by molar-refractivity contribution is 9.11. The van der Waals surface area contributed by atoms with Crippen LogP contribution in [0.15, 0.2) is 26.8 Å². The Bertz CT molecular complexity index is 682. The summed E-state index contributed by atoms with van der Waals surface area (Å²) < 4.78 is 11.0. The summed E-state index contributed by atoms with van der Waals surface area (Å²) in [4.78, 5) is 23.6. The van der Waals surface area contributed by atoms with Gasteiger partial charge in [0.25, 0.3) is 5.79 Å². The van der Waals surface area contributed by atoms with Crippen LogP contribution < -0.4 is 5.32 Å². The second kappa shape index (κ2) is 6.39. The van der Waals surface area contributed by atoms with Crippen molar-refractivity contribution in [1.82, 2.24) is 0 Å². The molecule has 1 N–H and O–H groups in total. The number of hydrogen-bond acceptors (Lipinski definition) is 5. The molecule has 22 heavy (non-hydrogen) atoms. The van der Waals surface area contributed by atoms with Gasteiger partial charge in [-0.1, -0.05) is 23.2 Å². The molecule has 1 aliphatic heterocycles. The van der Waals surface area contributed by atoms with Crippen LogP contribution in [0.2, 0.25) is 10.0 Å². The highest BCUT2D eigenvalue weighted by Crippen LogP contribution is 2.41. The van der Waals surface area contributed by atoms with Gasteiger partial charge in [0.2, 0.25) is 0 Å². The van der Waals surface area contributed by atoms with Crippen molar-refractivity contribution in [3.05, 3.63) is 36.8 Å². The molecule has 9 heteroatoms. The molecule has 1 fully saturated rings. The van der Waals surface area contributed by atoms with Crippen LogP contribution >= 0.6 is 55.1 Å². The van der Waals surface area contributed by atoms with Crippen molar-refractivity contribution >= 4 is 72.7 Å². The maximum atomic E-state index is 11.8. The van der Waals surface area contributed by atoms with E-state index < -0.39 is 17.7 Å². The SMILES string of the molecule is CC1(C)OC(=O)C(=CNc2cc(Cl)c(Br)c(Cl)c2Br)C(=O)O1. The highest BCUT2D eigenvalue weighted by atomic mass is 79.9. The van der Waals surface area contributed by atoms with Crippen LogP contribution in [0.5, 0.6) is 0 Å². The minimum Gasteiger partial charge on any atom is -0.419 e. The second-order valence-electron chi connectivity index (χ2n) is 4.73. The van der Waals surface area contributed by atoms with Gasteiger partial charge in [-0.2, -0.15) is 0 Å². The fourth-order valence-corrected chi connectivity index (χ4v) is 3.07. The number of rotatable bonds is 2. The van der Waals surface area contributed by atoms with Gasteiger partial charge in [-0.15, -0.1) is 0 Å². The maximum absolute atomic E-state index is 11.8. The van der Waals surface area contributed by atoms with E-state index in [0.717, 1.165) is 0 Å². The number of anilines is 1. The molecule has 0 aromatic heterocycles. The third kappa shape index (κ3) is 3.59. The largest absolute Gasteiger partial charge is 0.419 e. The maximum Gasteiger partial charge on any atom is 0.350 e. The first-order valence-corrected chi connectivity index (χ1v) is 8.23. The zero-order chi connectivity index (χ0) is 16.7. The Labute approximate surface area is 153 Å². The quantitative estimate of drug-likeness (QED) is 0.223. The first-order chi connectivity index (χ1) is 10.1. The number of nitrogens with one attached hydrogen (secondary N) is 1. The van der Waals surface area contributed by atoms with Crippen LogP contribution in [0.1, 0.15) is 13.8 Å². The molecule has 1 heterocycles. The first-order valence-electron chi connectivity index (χ1n) is 5.89. The molecule has 5 nitrogen and oxygen atoms in total. The van der Waals surface area contributed by atoms with Crippen LogP contribution in [-0.4, -0.2) is 17.7 Å². The molecule has 0 amide bonds. The molecule has 0 atom stereocenters. The number of esters is 2. The zero-order valence-corrected chi connectivity index (χ0v) is 16.0. The predicted octanol–water partition coefficient (Wildman–Crippen LogP) is 4.65. The molecule has 0 radical (unpaired) electrons. The Hall–Kier alpha value is -0.760. The van der Waals surface area contributed by atoms with E-state index in [1.165, 1.54) is 20.0 Å². The topological polar surface area (TPSA) is 64.6 Å². The lowest BCUT2D eigenvalue weighted by Gasteiger charge is -2.29. The summed E-state index contributed by atoms with van der Waals surface area (Å²) in [6.45, 7) is 2.94. The minimum absolute atomic E-state index is 0.263. The van der Waals surface area contributed by atoms with Crippen LogP contribution in [0, 0.1) is 0 Å². The van der Waals surface area contributed by atoms with Gasteiger partial charge in [0.1, 0.15) is 0 Å². The van der Waals surface area contributed by atoms with E-state index in [2.05, 4.69) is 37.2 Å². The minimum atomic E-state index is -1.28. The van der Waals surface area contributed by atoms with Gasteiger partial charge in [-0.05, 0) is 37.9 Å². The molecule has 0 bridgehead atoms. The molecular formula is C13H9Br2Cl2NO4. The molecule has 1 saturated heterocycles. The van der Waals surface area contributed by atoms with E-state index in [4.69, 9.17) is 32.7 Å². The van der Waals surface area contributed by atoms with Crippen molar-refractivity contribution in [2.75, 3.05) is 5.32 Å². The molecule has 2 rings (SSSR count). The average Bonchev–Trinajstić information content (AvgIpc) is 2.39. The summed E-state index contributed by atoms with van der Waals surface area (Å²) in [6, 6.07) is 1.57. The van der Waals surface area contributed by atoms with E-state index in [-0.39, 0.29) is 5.57 Å². The summed E-state index contributed by atoms with van der Waals surface area (Å²) in [6.07, 6.45) is 1.18. The molecule has 1 aromatic carbocycles. The third-order valence-corrected chi connectivity index (χ3v) is 5.60. The second-order valence-corrected chi connectivity index (χ2v) is 7.10. The summed E-state index contributed by atoms with van der Waals surface area (Å²) >= 11 is 18.6. The fourth-order valence-electron chi connectivity index (χ4n) is 1.61. The number of benzene rings is 1. The van der Waals surface area contributed by atoms with Crippen molar-refractivity contribution in [2.45, 2.75) is 19.6 Å². The van der Waals surface area contributed by atoms with Gasteiger partial charge < -0.3 is 14.8 Å². The molecule has 0 saturated carbocycles. The van der Waals surface area contributed by atoms with Crippen molar-refractivity contribution in [3.8, 4) is 0 Å². The van der Waals surface area contributed by atoms with Crippen molar-refractivity contribution in [1.29, 1.82) is 0 Å². The third-order valence-electron chi connectivity index (χ3n) is 2.59. The van der Waals surface area contributed by atoms with E-state index in [9.17, 15) is 9.59 Å². The van der Waals surface area contributed by atoms with Gasteiger partial charge in [0, 0.05) is 20.0 Å². The highest BCUT2D eigenvalue weighted by Gasteiger charge is 2.39. The standard InChI is InChI=1S/C13H9Br2Cl2NO4/c1-13(2)21-11(19)5(12(20)22-13)4-18-7-3-6(16)8(14)10(17)9(7)15/h3-4,18H,1-2H3. The number of halogens is 4. The molecule has 118 valence electrons. The number of hydrogen-bond donors (Lipinski definition) is 1. The summed E-state index contributed by atoms with van der Waals surface area (Å²) in [5.41, 5.74) is 0.206. The molecule has 0 aliphatic carbocycles. The summed E-state index contributed by atoms with van der Waals surface area (Å²) in [7, 11) is 0. The van der Waals surface area contributed by atoms with Crippen LogP contribution in [-0.2, 0) is 19.1 Å². The smallest absolute Gasteiger partial charge is 0.350 e. The van der Waals surface area contributed by atoms with Crippen molar-refractivity contribution in [3.63, 3.8) is 0 Å². The number of carbonyl (C=O) groups excluding carboxylic acids is 2. The van der Waals surface area contributed by atoms with Crippen molar-refractivity contribution in [2.24, 2.45) is 0 Å². The number of cyclic esters (lactones) is 2. The van der Waals surface area contributed by atoms with E-state index in [0.29, 0.717) is 24.7 Å². The number of carbonyl (C=O) groups is 2.